The maximum Gasteiger partial charge on any atom is 0.265 e. The second kappa shape index (κ2) is 4.61. The summed E-state index contributed by atoms with van der Waals surface area (Å²) in [7, 11) is 1.96. The van der Waals surface area contributed by atoms with Crippen molar-refractivity contribution in [3.05, 3.63) is 5.89 Å². The van der Waals surface area contributed by atoms with Gasteiger partial charge in [-0.1, -0.05) is 0 Å². The molecule has 1 aromatic heterocycles. The maximum atomic E-state index is 5.21. The highest BCUT2D eigenvalue weighted by Crippen LogP contribution is 2.13. The van der Waals surface area contributed by atoms with Gasteiger partial charge in [0.05, 0.1) is 0 Å². The van der Waals surface area contributed by atoms with Gasteiger partial charge in [0.2, 0.25) is 5.89 Å². The van der Waals surface area contributed by atoms with Crippen LogP contribution in [0.2, 0.25) is 0 Å². The van der Waals surface area contributed by atoms with Crippen LogP contribution in [0.15, 0.2) is 4.52 Å². The fraction of sp³-hybridized carbons (Fsp3) is 0.800. The Morgan fingerprint density at radius 3 is 3.13 bits per heavy atom. The van der Waals surface area contributed by atoms with E-state index in [2.05, 4.69) is 22.4 Å². The molecule has 2 rings (SSSR count). The minimum Gasteiger partial charge on any atom is -0.342 e. The number of nitrogens with one attached hydrogen (secondary N) is 1. The molecule has 5 nitrogen and oxygen atoms in total. The second-order valence-corrected chi connectivity index (χ2v) is 4.00. The Kier molecular flexibility index (Phi) is 3.20. The van der Waals surface area contributed by atoms with Crippen molar-refractivity contribution in [2.75, 3.05) is 25.0 Å². The van der Waals surface area contributed by atoms with Gasteiger partial charge in [-0.15, -0.1) is 0 Å². The van der Waals surface area contributed by atoms with Crippen molar-refractivity contribution in [2.45, 2.75) is 32.2 Å². The van der Waals surface area contributed by atoms with E-state index >= 15 is 0 Å². The highest BCUT2D eigenvalue weighted by atomic mass is 16.5. The first-order valence-corrected chi connectivity index (χ1v) is 5.56. The van der Waals surface area contributed by atoms with Crippen molar-refractivity contribution in [2.24, 2.45) is 0 Å². The number of rotatable bonds is 4. The minimum absolute atomic E-state index is 0.519. The van der Waals surface area contributed by atoms with E-state index in [4.69, 9.17) is 4.52 Å². The van der Waals surface area contributed by atoms with E-state index in [1.165, 1.54) is 12.8 Å². The molecule has 0 saturated carbocycles. The summed E-state index contributed by atoms with van der Waals surface area (Å²) >= 11 is 0. The SMILES string of the molecule is CCN(C)c1noc(CC2CCCN2)n1. The minimum atomic E-state index is 0.519. The van der Waals surface area contributed by atoms with E-state index in [0.717, 1.165) is 25.4 Å². The van der Waals surface area contributed by atoms with Gasteiger partial charge < -0.3 is 14.7 Å². The lowest BCUT2D eigenvalue weighted by Gasteiger charge is -2.09. The molecule has 0 radical (unpaired) electrons. The van der Waals surface area contributed by atoms with Crippen molar-refractivity contribution in [1.29, 1.82) is 0 Å². The summed E-state index contributed by atoms with van der Waals surface area (Å²) in [6.45, 7) is 4.07. The fourth-order valence-corrected chi connectivity index (χ4v) is 1.77. The van der Waals surface area contributed by atoms with E-state index in [9.17, 15) is 0 Å². The van der Waals surface area contributed by atoms with Crippen LogP contribution in [0, 0.1) is 0 Å². The zero-order chi connectivity index (χ0) is 10.7. The van der Waals surface area contributed by atoms with Gasteiger partial charge in [0.25, 0.3) is 5.95 Å². The van der Waals surface area contributed by atoms with Crippen LogP contribution in [0.4, 0.5) is 5.95 Å². The van der Waals surface area contributed by atoms with Crippen molar-refractivity contribution in [1.82, 2.24) is 15.5 Å². The fourth-order valence-electron chi connectivity index (χ4n) is 1.77. The van der Waals surface area contributed by atoms with Crippen LogP contribution in [0.5, 0.6) is 0 Å². The Morgan fingerprint density at radius 1 is 1.60 bits per heavy atom. The van der Waals surface area contributed by atoms with Gasteiger partial charge in [0.1, 0.15) is 0 Å². The highest BCUT2D eigenvalue weighted by Gasteiger charge is 2.18. The van der Waals surface area contributed by atoms with Crippen LogP contribution in [0.1, 0.15) is 25.7 Å². The number of hydrogen-bond acceptors (Lipinski definition) is 5. The first kappa shape index (κ1) is 10.4. The third-order valence-corrected chi connectivity index (χ3v) is 2.86. The van der Waals surface area contributed by atoms with Gasteiger partial charge in [0, 0.05) is 26.1 Å². The summed E-state index contributed by atoms with van der Waals surface area (Å²) < 4.78 is 5.21. The van der Waals surface area contributed by atoms with Crippen LogP contribution >= 0.6 is 0 Å². The monoisotopic (exact) mass is 210 g/mol. The third kappa shape index (κ3) is 2.47. The molecule has 5 heteroatoms. The lowest BCUT2D eigenvalue weighted by Crippen LogP contribution is -2.23. The molecular weight excluding hydrogens is 192 g/mol. The summed E-state index contributed by atoms with van der Waals surface area (Å²) in [5.74, 6) is 1.43. The maximum absolute atomic E-state index is 5.21. The first-order chi connectivity index (χ1) is 7.29. The van der Waals surface area contributed by atoms with Gasteiger partial charge in [-0.25, -0.2) is 0 Å². The zero-order valence-electron chi connectivity index (χ0n) is 9.36. The van der Waals surface area contributed by atoms with E-state index in [0.29, 0.717) is 12.0 Å². The van der Waals surface area contributed by atoms with Crippen LogP contribution < -0.4 is 10.2 Å². The van der Waals surface area contributed by atoms with E-state index in [-0.39, 0.29) is 0 Å². The standard InChI is InChI=1S/C10H18N4O/c1-3-14(2)10-12-9(15-13-10)7-8-5-4-6-11-8/h8,11H,3-7H2,1-2H3. The molecule has 1 aliphatic heterocycles. The highest BCUT2D eigenvalue weighted by molar-refractivity contribution is 5.25. The molecule has 0 aromatic carbocycles. The Labute approximate surface area is 89.8 Å². The molecule has 1 saturated heterocycles. The van der Waals surface area contributed by atoms with Crippen molar-refractivity contribution in [3.8, 4) is 0 Å². The molecule has 1 aliphatic rings. The van der Waals surface area contributed by atoms with Crippen LogP contribution in [-0.2, 0) is 6.42 Å². The van der Waals surface area contributed by atoms with Crippen LogP contribution in [0.3, 0.4) is 0 Å². The normalized spacial score (nSPS) is 20.8. The van der Waals surface area contributed by atoms with Gasteiger partial charge in [-0.2, -0.15) is 4.98 Å². The largest absolute Gasteiger partial charge is 0.342 e. The molecule has 0 aliphatic carbocycles. The van der Waals surface area contributed by atoms with Crippen LogP contribution in [-0.4, -0.2) is 36.3 Å². The number of aromatic nitrogens is 2. The molecule has 0 spiro atoms. The molecule has 0 bridgehead atoms. The quantitative estimate of drug-likeness (QED) is 0.797. The van der Waals surface area contributed by atoms with Crippen molar-refractivity contribution in [3.63, 3.8) is 0 Å². The molecule has 1 aromatic rings. The molecule has 1 unspecified atom stereocenters. The average molecular weight is 210 g/mol. The number of anilines is 1. The summed E-state index contributed by atoms with van der Waals surface area (Å²) in [5, 5.41) is 7.36. The van der Waals surface area contributed by atoms with Gasteiger partial charge in [-0.05, 0) is 31.5 Å². The Hall–Kier alpha value is -1.10. The predicted octanol–water partition coefficient (Wildman–Crippen LogP) is 0.820. The molecular formula is C10H18N4O. The Bertz CT molecular complexity index is 306. The smallest absolute Gasteiger partial charge is 0.265 e. The summed E-state index contributed by atoms with van der Waals surface area (Å²) in [4.78, 5) is 6.32. The summed E-state index contributed by atoms with van der Waals surface area (Å²) in [6.07, 6.45) is 3.31. The predicted molar refractivity (Wildman–Crippen MR) is 58.0 cm³/mol. The van der Waals surface area contributed by atoms with Crippen LogP contribution in [0.25, 0.3) is 0 Å². The molecule has 1 atom stereocenters. The molecule has 2 heterocycles. The van der Waals surface area contributed by atoms with E-state index in [1.54, 1.807) is 0 Å². The number of hydrogen-bond donors (Lipinski definition) is 1. The molecule has 84 valence electrons. The van der Waals surface area contributed by atoms with E-state index < -0.39 is 0 Å². The lowest BCUT2D eigenvalue weighted by molar-refractivity contribution is 0.363. The topological polar surface area (TPSA) is 54.2 Å². The summed E-state index contributed by atoms with van der Waals surface area (Å²) in [6, 6.07) is 0.519. The molecule has 1 fully saturated rings. The zero-order valence-corrected chi connectivity index (χ0v) is 9.36. The second-order valence-electron chi connectivity index (χ2n) is 4.00. The van der Waals surface area contributed by atoms with Crippen molar-refractivity contribution >= 4 is 5.95 Å². The van der Waals surface area contributed by atoms with Gasteiger partial charge >= 0.3 is 0 Å². The molecule has 15 heavy (non-hydrogen) atoms. The van der Waals surface area contributed by atoms with E-state index in [1.807, 2.05) is 11.9 Å². The van der Waals surface area contributed by atoms with Gasteiger partial charge in [-0.3, -0.25) is 0 Å². The van der Waals surface area contributed by atoms with Crippen molar-refractivity contribution < 1.29 is 4.52 Å². The lowest BCUT2D eigenvalue weighted by atomic mass is 10.2. The number of nitrogens with zero attached hydrogens (tertiary/aromatic N) is 3. The summed E-state index contributed by atoms with van der Waals surface area (Å²) in [5.41, 5.74) is 0. The average Bonchev–Trinajstić information content (AvgIpc) is 2.88. The molecule has 0 amide bonds. The Morgan fingerprint density at radius 2 is 2.47 bits per heavy atom. The van der Waals surface area contributed by atoms with Gasteiger partial charge in [0.15, 0.2) is 0 Å². The first-order valence-electron chi connectivity index (χ1n) is 5.56. The third-order valence-electron chi connectivity index (χ3n) is 2.86. The Balaban J connectivity index is 1.94. The molecule has 1 N–H and O–H groups in total.